The summed E-state index contributed by atoms with van der Waals surface area (Å²) in [7, 11) is 0. The minimum atomic E-state index is -0.0475. The summed E-state index contributed by atoms with van der Waals surface area (Å²) in [6.45, 7) is 0.876. The Morgan fingerprint density at radius 1 is 1.29 bits per heavy atom. The predicted molar refractivity (Wildman–Crippen MR) is 59.3 cm³/mol. The first-order valence-corrected chi connectivity index (χ1v) is 5.32. The number of tetrazole rings is 1. The molecule has 0 spiro atoms. The number of hydrogen-bond donors (Lipinski definition) is 1. The van der Waals surface area contributed by atoms with Gasteiger partial charge in [-0.2, -0.15) is 0 Å². The van der Waals surface area contributed by atoms with Crippen molar-refractivity contribution in [2.75, 3.05) is 6.61 Å². The van der Waals surface area contributed by atoms with Gasteiger partial charge in [-0.15, -0.1) is 5.10 Å². The molecule has 0 bridgehead atoms. The Kier molecular flexibility index (Phi) is 3.61. The Bertz CT molecular complexity index is 533. The van der Waals surface area contributed by atoms with Crippen molar-refractivity contribution in [3.8, 4) is 0 Å². The maximum atomic E-state index is 11.5. The van der Waals surface area contributed by atoms with Gasteiger partial charge in [-0.05, 0) is 16.5 Å². The molecular weight excluding hydrogens is 222 g/mol. The van der Waals surface area contributed by atoms with Gasteiger partial charge in [0.1, 0.15) is 0 Å². The number of aryl methyl sites for hydroxylation is 2. The van der Waals surface area contributed by atoms with Crippen LogP contribution in [-0.4, -0.2) is 36.5 Å². The van der Waals surface area contributed by atoms with E-state index in [0.717, 1.165) is 0 Å². The Morgan fingerprint density at radius 2 is 2.18 bits per heavy atom. The summed E-state index contributed by atoms with van der Waals surface area (Å²) in [4.78, 5) is 11.5. The molecule has 0 aliphatic heterocycles. The number of aliphatic hydroxyl groups is 1. The van der Waals surface area contributed by atoms with E-state index < -0.39 is 0 Å². The molecule has 0 amide bonds. The van der Waals surface area contributed by atoms with E-state index >= 15 is 0 Å². The van der Waals surface area contributed by atoms with Crippen LogP contribution in [0.4, 0.5) is 0 Å². The van der Waals surface area contributed by atoms with E-state index in [1.54, 1.807) is 22.9 Å². The maximum absolute atomic E-state index is 11.5. The summed E-state index contributed by atoms with van der Waals surface area (Å²) < 4.78 is 3.13. The van der Waals surface area contributed by atoms with Crippen LogP contribution in [0.15, 0.2) is 29.2 Å². The van der Waals surface area contributed by atoms with Crippen LogP contribution in [0.1, 0.15) is 5.82 Å². The molecule has 0 saturated carbocycles. The average molecular weight is 235 g/mol. The standard InChI is InChI=1S/C10H13N5O2/c16-8-7-15-9(11-12-13-15)4-6-14-5-2-1-3-10(14)17/h1-3,5,16H,4,6-8H2. The molecule has 2 aromatic heterocycles. The van der Waals surface area contributed by atoms with Crippen LogP contribution < -0.4 is 5.56 Å². The highest BCUT2D eigenvalue weighted by atomic mass is 16.3. The molecule has 1 N–H and O–H groups in total. The van der Waals surface area contributed by atoms with Crippen LogP contribution in [0.3, 0.4) is 0 Å². The second-order valence-electron chi connectivity index (χ2n) is 3.52. The van der Waals surface area contributed by atoms with Crippen molar-refractivity contribution in [1.82, 2.24) is 24.8 Å². The third kappa shape index (κ3) is 2.76. The van der Waals surface area contributed by atoms with E-state index in [-0.39, 0.29) is 12.2 Å². The summed E-state index contributed by atoms with van der Waals surface area (Å²) in [5, 5.41) is 20.0. The van der Waals surface area contributed by atoms with Crippen molar-refractivity contribution >= 4 is 0 Å². The molecule has 0 atom stereocenters. The minimum Gasteiger partial charge on any atom is -0.394 e. The lowest BCUT2D eigenvalue weighted by Crippen LogP contribution is -2.20. The van der Waals surface area contributed by atoms with Crippen molar-refractivity contribution in [3.63, 3.8) is 0 Å². The Hall–Kier alpha value is -2.02. The molecule has 0 unspecified atom stereocenters. The number of pyridine rings is 1. The Balaban J connectivity index is 2.05. The number of aromatic nitrogens is 5. The van der Waals surface area contributed by atoms with Crippen molar-refractivity contribution < 1.29 is 5.11 Å². The molecule has 2 rings (SSSR count). The number of hydrogen-bond acceptors (Lipinski definition) is 5. The van der Waals surface area contributed by atoms with Crippen LogP contribution >= 0.6 is 0 Å². The predicted octanol–water partition coefficient (Wildman–Crippen LogP) is -0.930. The zero-order valence-electron chi connectivity index (χ0n) is 9.23. The largest absolute Gasteiger partial charge is 0.394 e. The summed E-state index contributed by atoms with van der Waals surface area (Å²) >= 11 is 0. The van der Waals surface area contributed by atoms with Gasteiger partial charge < -0.3 is 9.67 Å². The molecule has 0 radical (unpaired) electrons. The van der Waals surface area contributed by atoms with E-state index in [1.807, 2.05) is 0 Å². The first-order valence-electron chi connectivity index (χ1n) is 5.32. The summed E-state index contributed by atoms with van der Waals surface area (Å²) in [6.07, 6.45) is 2.28. The van der Waals surface area contributed by atoms with Crippen molar-refractivity contribution in [3.05, 3.63) is 40.6 Å². The molecule has 0 aliphatic carbocycles. The van der Waals surface area contributed by atoms with Crippen molar-refractivity contribution in [2.45, 2.75) is 19.5 Å². The lowest BCUT2D eigenvalue weighted by molar-refractivity contribution is 0.265. The molecule has 7 nitrogen and oxygen atoms in total. The molecule has 2 aromatic rings. The molecule has 0 saturated heterocycles. The van der Waals surface area contributed by atoms with Gasteiger partial charge in [-0.1, -0.05) is 6.07 Å². The molecule has 90 valence electrons. The Labute approximate surface area is 97.3 Å². The third-order valence-electron chi connectivity index (χ3n) is 2.39. The summed E-state index contributed by atoms with van der Waals surface area (Å²) in [5.74, 6) is 0.662. The fraction of sp³-hybridized carbons (Fsp3) is 0.400. The van der Waals surface area contributed by atoms with E-state index in [4.69, 9.17) is 5.11 Å². The topological polar surface area (TPSA) is 85.8 Å². The lowest BCUT2D eigenvalue weighted by Gasteiger charge is -2.04. The van der Waals surface area contributed by atoms with Gasteiger partial charge >= 0.3 is 0 Å². The molecule has 7 heteroatoms. The zero-order chi connectivity index (χ0) is 12.1. The number of nitrogens with zero attached hydrogens (tertiary/aromatic N) is 5. The van der Waals surface area contributed by atoms with Gasteiger partial charge in [-0.25, -0.2) is 4.68 Å². The molecule has 0 aliphatic rings. The van der Waals surface area contributed by atoms with E-state index in [2.05, 4.69) is 15.5 Å². The molecule has 0 fully saturated rings. The summed E-state index contributed by atoms with van der Waals surface area (Å²) in [5.41, 5.74) is -0.0475. The fourth-order valence-electron chi connectivity index (χ4n) is 1.54. The van der Waals surface area contributed by atoms with Crippen LogP contribution in [0.25, 0.3) is 0 Å². The van der Waals surface area contributed by atoms with E-state index in [1.165, 1.54) is 10.7 Å². The highest BCUT2D eigenvalue weighted by Gasteiger charge is 2.05. The lowest BCUT2D eigenvalue weighted by atomic mass is 10.3. The second-order valence-corrected chi connectivity index (χ2v) is 3.52. The molecule has 0 aromatic carbocycles. The Morgan fingerprint density at radius 3 is 2.94 bits per heavy atom. The van der Waals surface area contributed by atoms with Gasteiger partial charge in [0, 0.05) is 25.2 Å². The minimum absolute atomic E-state index is 0.0106. The number of rotatable bonds is 5. The van der Waals surface area contributed by atoms with Crippen LogP contribution in [0.5, 0.6) is 0 Å². The first-order chi connectivity index (χ1) is 8.31. The van der Waals surface area contributed by atoms with Gasteiger partial charge in [0.2, 0.25) is 0 Å². The second kappa shape index (κ2) is 5.35. The first kappa shape index (κ1) is 11.5. The van der Waals surface area contributed by atoms with Gasteiger partial charge in [0.25, 0.3) is 5.56 Å². The molecule has 17 heavy (non-hydrogen) atoms. The van der Waals surface area contributed by atoms with Gasteiger partial charge in [-0.3, -0.25) is 4.79 Å². The van der Waals surface area contributed by atoms with Crippen LogP contribution in [0, 0.1) is 0 Å². The molecule has 2 heterocycles. The monoisotopic (exact) mass is 235 g/mol. The maximum Gasteiger partial charge on any atom is 0.250 e. The smallest absolute Gasteiger partial charge is 0.250 e. The SMILES string of the molecule is O=c1ccccn1CCc1nnnn1CCO. The normalized spacial score (nSPS) is 10.6. The average Bonchev–Trinajstić information content (AvgIpc) is 2.76. The van der Waals surface area contributed by atoms with Gasteiger partial charge in [0.15, 0.2) is 5.82 Å². The number of aliphatic hydroxyl groups excluding tert-OH is 1. The quantitative estimate of drug-likeness (QED) is 0.723. The third-order valence-corrected chi connectivity index (χ3v) is 2.39. The van der Waals surface area contributed by atoms with Crippen molar-refractivity contribution in [2.24, 2.45) is 0 Å². The fourth-order valence-corrected chi connectivity index (χ4v) is 1.54. The van der Waals surface area contributed by atoms with Crippen molar-refractivity contribution in [1.29, 1.82) is 0 Å². The summed E-state index contributed by atoms with van der Waals surface area (Å²) in [6, 6.07) is 5.02. The zero-order valence-corrected chi connectivity index (χ0v) is 9.23. The van der Waals surface area contributed by atoms with Gasteiger partial charge in [0.05, 0.1) is 13.2 Å². The molecular formula is C10H13N5O2. The van der Waals surface area contributed by atoms with E-state index in [0.29, 0.717) is 25.3 Å². The van der Waals surface area contributed by atoms with Crippen LogP contribution in [-0.2, 0) is 19.5 Å². The highest BCUT2D eigenvalue weighted by Crippen LogP contribution is 1.95. The highest BCUT2D eigenvalue weighted by molar-refractivity contribution is 4.94. The van der Waals surface area contributed by atoms with E-state index in [9.17, 15) is 4.79 Å². The van der Waals surface area contributed by atoms with Crippen LogP contribution in [0.2, 0.25) is 0 Å².